The average Bonchev–Trinajstić information content (AvgIpc) is 2.47. The number of rotatable bonds is 14. The zero-order chi connectivity index (χ0) is 16.1. The molecule has 0 aromatic carbocycles. The van der Waals surface area contributed by atoms with Crippen LogP contribution < -0.4 is 0 Å². The predicted molar refractivity (Wildman–Crippen MR) is 79.3 cm³/mol. The fourth-order valence-electron chi connectivity index (χ4n) is 2.09. The molecule has 0 fully saturated rings. The predicted octanol–water partition coefficient (Wildman–Crippen LogP) is 3.72. The maximum atomic E-state index is 11.8. The molecule has 122 valence electrons. The summed E-state index contributed by atoms with van der Waals surface area (Å²) in [5.41, 5.74) is 0. The van der Waals surface area contributed by atoms with E-state index >= 15 is 0 Å². The van der Waals surface area contributed by atoms with Crippen molar-refractivity contribution in [3.05, 3.63) is 0 Å². The van der Waals surface area contributed by atoms with E-state index in [1.165, 1.54) is 0 Å². The summed E-state index contributed by atoms with van der Waals surface area (Å²) in [6, 6.07) is 0. The minimum atomic E-state index is -0.964. The first-order chi connectivity index (χ1) is 10.1. The first-order valence-corrected chi connectivity index (χ1v) is 9.41. The summed E-state index contributed by atoms with van der Waals surface area (Å²) in [5.74, 6) is 0.578. The molecule has 2 unspecified atom stereocenters. The SMILES string of the molecule is CCCC(=O)C(CC)C[O][Ti][O]CC(CC)C(=O)CCC. The molecule has 2 atom stereocenters. The molecular formula is C16H30O4Ti. The van der Waals surface area contributed by atoms with Crippen molar-refractivity contribution in [1.29, 1.82) is 0 Å². The van der Waals surface area contributed by atoms with Crippen molar-refractivity contribution in [3.8, 4) is 0 Å². The molecule has 21 heavy (non-hydrogen) atoms. The second kappa shape index (κ2) is 13.6. The van der Waals surface area contributed by atoms with Crippen LogP contribution in [0.4, 0.5) is 0 Å². The van der Waals surface area contributed by atoms with Crippen LogP contribution in [0.15, 0.2) is 0 Å². The van der Waals surface area contributed by atoms with Crippen LogP contribution in [0.1, 0.15) is 66.2 Å². The third kappa shape index (κ3) is 9.57. The molecule has 0 aliphatic heterocycles. The van der Waals surface area contributed by atoms with Crippen LogP contribution in [0.5, 0.6) is 0 Å². The Kier molecular flexibility index (Phi) is 13.6. The van der Waals surface area contributed by atoms with Crippen LogP contribution in [0.2, 0.25) is 0 Å². The van der Waals surface area contributed by atoms with Gasteiger partial charge in [-0.1, -0.05) is 0 Å². The third-order valence-electron chi connectivity index (χ3n) is 3.58. The molecule has 0 saturated carbocycles. The van der Waals surface area contributed by atoms with Crippen molar-refractivity contribution in [2.75, 3.05) is 13.2 Å². The zero-order valence-corrected chi connectivity index (χ0v) is 15.5. The van der Waals surface area contributed by atoms with Crippen LogP contribution in [-0.4, -0.2) is 24.8 Å². The van der Waals surface area contributed by atoms with Gasteiger partial charge in [-0.05, 0) is 0 Å². The van der Waals surface area contributed by atoms with Gasteiger partial charge in [0.2, 0.25) is 0 Å². The van der Waals surface area contributed by atoms with E-state index < -0.39 is 19.9 Å². The van der Waals surface area contributed by atoms with Gasteiger partial charge < -0.3 is 0 Å². The topological polar surface area (TPSA) is 52.6 Å². The van der Waals surface area contributed by atoms with Crippen molar-refractivity contribution in [2.24, 2.45) is 11.8 Å². The van der Waals surface area contributed by atoms with E-state index in [0.717, 1.165) is 25.7 Å². The van der Waals surface area contributed by atoms with Gasteiger partial charge in [0.1, 0.15) is 0 Å². The van der Waals surface area contributed by atoms with Crippen LogP contribution in [0.3, 0.4) is 0 Å². The maximum absolute atomic E-state index is 11.8. The van der Waals surface area contributed by atoms with E-state index in [9.17, 15) is 9.59 Å². The molecule has 0 aromatic rings. The monoisotopic (exact) mass is 334 g/mol. The number of ketones is 2. The summed E-state index contributed by atoms with van der Waals surface area (Å²) in [6.45, 7) is 8.99. The number of hydrogen-bond acceptors (Lipinski definition) is 4. The van der Waals surface area contributed by atoms with Crippen LogP contribution in [0.25, 0.3) is 0 Å². The van der Waals surface area contributed by atoms with Gasteiger partial charge in [0.15, 0.2) is 0 Å². The van der Waals surface area contributed by atoms with E-state index in [-0.39, 0.29) is 23.4 Å². The number of carbonyl (C=O) groups is 2. The Hall–Kier alpha value is -0.0257. The molecule has 0 N–H and O–H groups in total. The van der Waals surface area contributed by atoms with Gasteiger partial charge in [-0.3, -0.25) is 0 Å². The molecule has 0 amide bonds. The van der Waals surface area contributed by atoms with Gasteiger partial charge in [0.05, 0.1) is 0 Å². The van der Waals surface area contributed by atoms with Gasteiger partial charge in [-0.2, -0.15) is 0 Å². The Bertz CT molecular complexity index is 266. The van der Waals surface area contributed by atoms with Crippen LogP contribution in [-0.2, 0) is 36.2 Å². The second-order valence-corrected chi connectivity index (χ2v) is 6.51. The van der Waals surface area contributed by atoms with Crippen molar-refractivity contribution < 1.29 is 36.2 Å². The summed E-state index contributed by atoms with van der Waals surface area (Å²) in [4.78, 5) is 23.6. The summed E-state index contributed by atoms with van der Waals surface area (Å²) in [6.07, 6.45) is 4.67. The Morgan fingerprint density at radius 3 is 1.48 bits per heavy atom. The molecule has 0 aromatic heterocycles. The fraction of sp³-hybridized carbons (Fsp3) is 0.875. The molecule has 0 heterocycles. The zero-order valence-electron chi connectivity index (χ0n) is 13.9. The average molecular weight is 334 g/mol. The first kappa shape index (κ1) is 21.0. The van der Waals surface area contributed by atoms with E-state index in [1.54, 1.807) is 0 Å². The van der Waals surface area contributed by atoms with E-state index in [1.807, 2.05) is 27.7 Å². The van der Waals surface area contributed by atoms with Crippen molar-refractivity contribution in [1.82, 2.24) is 0 Å². The fourth-order valence-corrected chi connectivity index (χ4v) is 3.06. The van der Waals surface area contributed by atoms with Crippen LogP contribution >= 0.6 is 0 Å². The second-order valence-electron chi connectivity index (χ2n) is 5.35. The van der Waals surface area contributed by atoms with Crippen molar-refractivity contribution in [3.63, 3.8) is 0 Å². The molecule has 0 radical (unpaired) electrons. The number of hydrogen-bond donors (Lipinski definition) is 0. The van der Waals surface area contributed by atoms with Gasteiger partial charge in [0.25, 0.3) is 0 Å². The molecule has 0 aliphatic rings. The number of carbonyl (C=O) groups excluding carboxylic acids is 2. The Morgan fingerprint density at radius 1 is 0.810 bits per heavy atom. The summed E-state index contributed by atoms with van der Waals surface area (Å²) in [7, 11) is 0. The first-order valence-electron chi connectivity index (χ1n) is 8.14. The number of Topliss-reactive ketones (excluding diaryl/α,β-unsaturated/α-hetero) is 2. The molecule has 0 rings (SSSR count). The van der Waals surface area contributed by atoms with Gasteiger partial charge in [-0.25, -0.2) is 0 Å². The molecule has 0 bridgehead atoms. The molecule has 0 aliphatic carbocycles. The van der Waals surface area contributed by atoms with Gasteiger partial charge in [-0.15, -0.1) is 0 Å². The van der Waals surface area contributed by atoms with E-state index in [2.05, 4.69) is 0 Å². The quantitative estimate of drug-likeness (QED) is 0.359. The normalized spacial score (nSPS) is 13.7. The standard InChI is InChI=1S/2C8H15O2.Ti/c2*1-3-5-8(10)7(4-2)6-9;/h2*7H,3-6H2,1-2H3;/q2*-1;+2. The molecule has 5 heteroatoms. The van der Waals surface area contributed by atoms with Gasteiger partial charge >= 0.3 is 139 Å². The molecule has 0 saturated heterocycles. The molecule has 0 spiro atoms. The van der Waals surface area contributed by atoms with Crippen molar-refractivity contribution in [2.45, 2.75) is 66.2 Å². The summed E-state index contributed by atoms with van der Waals surface area (Å²) in [5, 5.41) is 0. The van der Waals surface area contributed by atoms with E-state index in [0.29, 0.717) is 26.1 Å². The molecular weight excluding hydrogens is 304 g/mol. The van der Waals surface area contributed by atoms with Crippen LogP contribution in [0, 0.1) is 11.8 Å². The van der Waals surface area contributed by atoms with Gasteiger partial charge in [0, 0.05) is 0 Å². The Morgan fingerprint density at radius 2 is 1.19 bits per heavy atom. The third-order valence-corrected chi connectivity index (χ3v) is 4.46. The molecule has 4 nitrogen and oxygen atoms in total. The Labute approximate surface area is 139 Å². The summed E-state index contributed by atoms with van der Waals surface area (Å²) < 4.78 is 11.1. The van der Waals surface area contributed by atoms with Crippen molar-refractivity contribution >= 4 is 11.6 Å². The Balaban J connectivity index is 3.87. The van der Waals surface area contributed by atoms with E-state index in [4.69, 9.17) is 6.64 Å². The minimum absolute atomic E-state index is 0.000922. The summed E-state index contributed by atoms with van der Waals surface area (Å²) >= 11 is -0.964.